The molecule has 0 fully saturated rings. The van der Waals surface area contributed by atoms with Crippen LogP contribution in [0.25, 0.3) is 16.7 Å². The molecular formula is C16H13Cl2FN2. The molecule has 21 heavy (non-hydrogen) atoms. The molecule has 0 N–H and O–H groups in total. The summed E-state index contributed by atoms with van der Waals surface area (Å²) in [5.41, 5.74) is 3.34. The predicted molar refractivity (Wildman–Crippen MR) is 85.0 cm³/mol. The monoisotopic (exact) mass is 322 g/mol. The molecule has 0 radical (unpaired) electrons. The van der Waals surface area contributed by atoms with Crippen LogP contribution < -0.4 is 0 Å². The van der Waals surface area contributed by atoms with E-state index in [0.29, 0.717) is 11.3 Å². The Bertz CT molecular complexity index is 825. The molecule has 3 rings (SSSR count). The van der Waals surface area contributed by atoms with Crippen molar-refractivity contribution in [1.82, 2.24) is 9.55 Å². The number of alkyl halides is 1. The van der Waals surface area contributed by atoms with Gasteiger partial charge in [-0.3, -0.25) is 4.57 Å². The SMILES string of the molecule is Cc1cccc(-n2c(C(C)Cl)nc3cc(F)c(Cl)cc32)c1. The van der Waals surface area contributed by atoms with Crippen molar-refractivity contribution in [2.45, 2.75) is 19.2 Å². The number of rotatable bonds is 2. The number of fused-ring (bicyclic) bond motifs is 1. The fourth-order valence-corrected chi connectivity index (χ4v) is 2.70. The normalized spacial score (nSPS) is 12.8. The summed E-state index contributed by atoms with van der Waals surface area (Å²) in [7, 11) is 0. The van der Waals surface area contributed by atoms with Crippen molar-refractivity contribution in [3.05, 3.63) is 58.6 Å². The Hall–Kier alpha value is -1.58. The summed E-state index contributed by atoms with van der Waals surface area (Å²) in [5, 5.41) is -0.232. The van der Waals surface area contributed by atoms with Crippen LogP contribution in [0.3, 0.4) is 0 Å². The molecule has 3 aromatic rings. The van der Waals surface area contributed by atoms with Crippen LogP contribution in [-0.4, -0.2) is 9.55 Å². The van der Waals surface area contributed by atoms with E-state index in [2.05, 4.69) is 4.98 Å². The summed E-state index contributed by atoms with van der Waals surface area (Å²) in [6, 6.07) is 10.9. The zero-order valence-electron chi connectivity index (χ0n) is 11.6. The highest BCUT2D eigenvalue weighted by Crippen LogP contribution is 2.31. The summed E-state index contributed by atoms with van der Waals surface area (Å²) >= 11 is 12.2. The second kappa shape index (κ2) is 5.32. The lowest BCUT2D eigenvalue weighted by Crippen LogP contribution is -2.02. The van der Waals surface area contributed by atoms with Crippen molar-refractivity contribution in [3.63, 3.8) is 0 Å². The molecule has 0 amide bonds. The predicted octanol–water partition coefficient (Wildman–Crippen LogP) is 5.43. The van der Waals surface area contributed by atoms with Crippen LogP contribution in [0.4, 0.5) is 4.39 Å². The van der Waals surface area contributed by atoms with Crippen LogP contribution in [-0.2, 0) is 0 Å². The Morgan fingerprint density at radius 2 is 2.00 bits per heavy atom. The van der Waals surface area contributed by atoms with Crippen LogP contribution in [0.1, 0.15) is 23.7 Å². The number of imidazole rings is 1. The average molecular weight is 323 g/mol. The molecule has 0 bridgehead atoms. The highest BCUT2D eigenvalue weighted by molar-refractivity contribution is 6.31. The first-order valence-electron chi connectivity index (χ1n) is 6.56. The zero-order chi connectivity index (χ0) is 15.1. The van der Waals surface area contributed by atoms with E-state index < -0.39 is 5.82 Å². The van der Waals surface area contributed by atoms with Crippen molar-refractivity contribution >= 4 is 34.2 Å². The first-order chi connectivity index (χ1) is 9.97. The number of hydrogen-bond donors (Lipinski definition) is 0. The Balaban J connectivity index is 2.38. The standard InChI is InChI=1S/C16H13Cl2FN2/c1-9-4-3-5-11(6-9)21-15-7-12(18)13(19)8-14(15)20-16(21)10(2)17/h3-8,10H,1-2H3. The van der Waals surface area contributed by atoms with E-state index in [1.807, 2.05) is 42.7 Å². The van der Waals surface area contributed by atoms with E-state index in [1.165, 1.54) is 6.07 Å². The lowest BCUT2D eigenvalue weighted by molar-refractivity contribution is 0.630. The van der Waals surface area contributed by atoms with Crippen molar-refractivity contribution in [2.75, 3.05) is 0 Å². The van der Waals surface area contributed by atoms with Crippen LogP contribution >= 0.6 is 23.2 Å². The summed E-state index contributed by atoms with van der Waals surface area (Å²) in [5.74, 6) is 0.186. The molecule has 1 unspecified atom stereocenters. The maximum absolute atomic E-state index is 13.6. The number of aromatic nitrogens is 2. The van der Waals surface area contributed by atoms with Crippen molar-refractivity contribution < 1.29 is 4.39 Å². The van der Waals surface area contributed by atoms with Crippen LogP contribution in [0, 0.1) is 12.7 Å². The second-order valence-corrected chi connectivity index (χ2v) is 6.08. The first-order valence-corrected chi connectivity index (χ1v) is 7.37. The Morgan fingerprint density at radius 1 is 1.24 bits per heavy atom. The van der Waals surface area contributed by atoms with E-state index in [1.54, 1.807) is 6.07 Å². The van der Waals surface area contributed by atoms with Crippen LogP contribution in [0.5, 0.6) is 0 Å². The summed E-state index contributed by atoms with van der Waals surface area (Å²) in [6.07, 6.45) is 0. The van der Waals surface area contributed by atoms with Gasteiger partial charge in [-0.15, -0.1) is 11.6 Å². The fourth-order valence-electron chi connectivity index (χ4n) is 2.40. The minimum atomic E-state index is -0.480. The molecular weight excluding hydrogens is 310 g/mol. The van der Waals surface area contributed by atoms with E-state index in [4.69, 9.17) is 23.2 Å². The Labute approximate surface area is 132 Å². The molecule has 2 nitrogen and oxygen atoms in total. The van der Waals surface area contributed by atoms with Gasteiger partial charge in [0.2, 0.25) is 0 Å². The maximum atomic E-state index is 13.6. The molecule has 1 aromatic heterocycles. The number of nitrogens with zero attached hydrogens (tertiary/aromatic N) is 2. The van der Waals surface area contributed by atoms with Gasteiger partial charge in [-0.05, 0) is 37.6 Å². The highest BCUT2D eigenvalue weighted by atomic mass is 35.5. The fraction of sp³-hybridized carbons (Fsp3) is 0.188. The smallest absolute Gasteiger partial charge is 0.144 e. The van der Waals surface area contributed by atoms with Gasteiger partial charge in [-0.2, -0.15) is 0 Å². The first kappa shape index (κ1) is 14.4. The maximum Gasteiger partial charge on any atom is 0.144 e. The minimum absolute atomic E-state index is 0.0741. The van der Waals surface area contributed by atoms with Crippen molar-refractivity contribution in [1.29, 1.82) is 0 Å². The second-order valence-electron chi connectivity index (χ2n) is 5.02. The van der Waals surface area contributed by atoms with E-state index in [9.17, 15) is 4.39 Å². The van der Waals surface area contributed by atoms with Gasteiger partial charge in [0.25, 0.3) is 0 Å². The molecule has 0 aliphatic carbocycles. The van der Waals surface area contributed by atoms with Gasteiger partial charge < -0.3 is 0 Å². The number of aryl methyl sites for hydroxylation is 1. The van der Waals surface area contributed by atoms with Gasteiger partial charge in [0, 0.05) is 11.8 Å². The number of benzene rings is 2. The molecule has 0 spiro atoms. The zero-order valence-corrected chi connectivity index (χ0v) is 13.1. The van der Waals surface area contributed by atoms with Gasteiger partial charge in [0.05, 0.1) is 21.4 Å². The molecule has 0 aliphatic heterocycles. The molecule has 5 heteroatoms. The molecule has 0 saturated heterocycles. The van der Waals surface area contributed by atoms with Gasteiger partial charge in [-0.25, -0.2) is 9.37 Å². The molecule has 1 heterocycles. The highest BCUT2D eigenvalue weighted by Gasteiger charge is 2.18. The van der Waals surface area contributed by atoms with Crippen molar-refractivity contribution in [3.8, 4) is 5.69 Å². The van der Waals surface area contributed by atoms with Crippen LogP contribution in [0.15, 0.2) is 36.4 Å². The Kier molecular flexibility index (Phi) is 3.64. The molecule has 1 atom stereocenters. The van der Waals surface area contributed by atoms with E-state index in [0.717, 1.165) is 16.8 Å². The van der Waals surface area contributed by atoms with E-state index in [-0.39, 0.29) is 10.4 Å². The molecule has 0 saturated carbocycles. The lowest BCUT2D eigenvalue weighted by Gasteiger charge is -2.11. The molecule has 0 aliphatic rings. The third kappa shape index (κ3) is 2.52. The third-order valence-electron chi connectivity index (χ3n) is 3.34. The van der Waals surface area contributed by atoms with Gasteiger partial charge in [0.15, 0.2) is 0 Å². The van der Waals surface area contributed by atoms with Crippen LogP contribution in [0.2, 0.25) is 5.02 Å². The average Bonchev–Trinajstić information content (AvgIpc) is 2.78. The number of halogens is 3. The van der Waals surface area contributed by atoms with E-state index >= 15 is 0 Å². The van der Waals surface area contributed by atoms with Gasteiger partial charge >= 0.3 is 0 Å². The van der Waals surface area contributed by atoms with Gasteiger partial charge in [-0.1, -0.05) is 23.7 Å². The Morgan fingerprint density at radius 3 is 2.67 bits per heavy atom. The summed E-state index contributed by atoms with van der Waals surface area (Å²) in [4.78, 5) is 4.45. The van der Waals surface area contributed by atoms with Gasteiger partial charge in [0.1, 0.15) is 11.6 Å². The molecule has 108 valence electrons. The quantitative estimate of drug-likeness (QED) is 0.575. The summed E-state index contributed by atoms with van der Waals surface area (Å²) < 4.78 is 15.6. The topological polar surface area (TPSA) is 17.8 Å². The lowest BCUT2D eigenvalue weighted by atomic mass is 10.2. The third-order valence-corrected chi connectivity index (χ3v) is 3.82. The minimum Gasteiger partial charge on any atom is -0.295 e. The molecule has 2 aromatic carbocycles. The largest absolute Gasteiger partial charge is 0.295 e. The summed E-state index contributed by atoms with van der Waals surface area (Å²) in [6.45, 7) is 3.85. The van der Waals surface area contributed by atoms with Crippen molar-refractivity contribution in [2.24, 2.45) is 0 Å². The number of hydrogen-bond acceptors (Lipinski definition) is 1.